The van der Waals surface area contributed by atoms with Crippen molar-refractivity contribution in [2.45, 2.75) is 38.6 Å². The number of hydrogen-bond donors (Lipinski definition) is 2. The molecule has 0 saturated carbocycles. The number of carbonyl (C=O) groups excluding carboxylic acids is 1. The Labute approximate surface area is 125 Å². The van der Waals surface area contributed by atoms with Gasteiger partial charge in [0.25, 0.3) is 5.91 Å². The fraction of sp³-hybridized carbons (Fsp3) is 0.462. The van der Waals surface area contributed by atoms with Gasteiger partial charge in [0.2, 0.25) is 5.13 Å². The molecule has 3 N–H and O–H groups in total. The number of thiophene rings is 1. The molecule has 0 bridgehead atoms. The molecular weight excluding hydrogens is 292 g/mol. The molecule has 106 valence electrons. The standard InChI is InChI=1S/C13H16N4OS2/c1-7(12-16-17-13(14)20-12)15-11(18)10-9-5-3-2-4-8(9)6-19-10/h6-7H,2-5H2,1H3,(H2,14,17)(H,15,18)/t7-/m0/s1. The van der Waals surface area contributed by atoms with Gasteiger partial charge in [-0.05, 0) is 49.1 Å². The van der Waals surface area contributed by atoms with Crippen molar-refractivity contribution in [1.29, 1.82) is 0 Å². The van der Waals surface area contributed by atoms with Crippen molar-refractivity contribution in [3.05, 3.63) is 26.4 Å². The molecule has 7 heteroatoms. The number of anilines is 1. The van der Waals surface area contributed by atoms with Crippen LogP contribution in [-0.2, 0) is 12.8 Å². The minimum Gasteiger partial charge on any atom is -0.374 e. The number of carbonyl (C=O) groups is 1. The molecule has 0 aromatic carbocycles. The fourth-order valence-corrected chi connectivity index (χ4v) is 4.13. The summed E-state index contributed by atoms with van der Waals surface area (Å²) in [5, 5.41) is 14.0. The summed E-state index contributed by atoms with van der Waals surface area (Å²) >= 11 is 2.85. The largest absolute Gasteiger partial charge is 0.374 e. The number of nitrogens with two attached hydrogens (primary N) is 1. The highest BCUT2D eigenvalue weighted by atomic mass is 32.1. The van der Waals surface area contributed by atoms with Crippen LogP contribution in [0, 0.1) is 0 Å². The summed E-state index contributed by atoms with van der Waals surface area (Å²) < 4.78 is 0. The second-order valence-corrected chi connectivity index (χ2v) is 6.87. The van der Waals surface area contributed by atoms with E-state index in [1.165, 1.54) is 35.3 Å². The first-order valence-electron chi connectivity index (χ1n) is 6.64. The summed E-state index contributed by atoms with van der Waals surface area (Å²) in [4.78, 5) is 13.2. The van der Waals surface area contributed by atoms with E-state index in [-0.39, 0.29) is 11.9 Å². The van der Waals surface area contributed by atoms with Crippen LogP contribution in [0.1, 0.15) is 51.6 Å². The van der Waals surface area contributed by atoms with Crippen LogP contribution in [0.15, 0.2) is 5.38 Å². The molecule has 3 rings (SSSR count). The van der Waals surface area contributed by atoms with Gasteiger partial charge < -0.3 is 11.1 Å². The molecule has 20 heavy (non-hydrogen) atoms. The number of fused-ring (bicyclic) bond motifs is 1. The maximum absolute atomic E-state index is 12.4. The lowest BCUT2D eigenvalue weighted by Crippen LogP contribution is -2.27. The minimum atomic E-state index is -0.168. The number of hydrogen-bond acceptors (Lipinski definition) is 6. The maximum Gasteiger partial charge on any atom is 0.262 e. The van der Waals surface area contributed by atoms with E-state index in [2.05, 4.69) is 20.9 Å². The molecule has 2 aromatic rings. The van der Waals surface area contributed by atoms with Crippen LogP contribution < -0.4 is 11.1 Å². The number of aryl methyl sites for hydroxylation is 1. The van der Waals surface area contributed by atoms with E-state index < -0.39 is 0 Å². The van der Waals surface area contributed by atoms with E-state index in [1.54, 1.807) is 11.3 Å². The van der Waals surface area contributed by atoms with Crippen LogP contribution in [0.4, 0.5) is 5.13 Å². The van der Waals surface area contributed by atoms with Gasteiger partial charge in [-0.3, -0.25) is 4.79 Å². The Balaban J connectivity index is 1.75. The van der Waals surface area contributed by atoms with Gasteiger partial charge in [0.15, 0.2) is 0 Å². The topological polar surface area (TPSA) is 80.9 Å². The Morgan fingerprint density at radius 3 is 2.95 bits per heavy atom. The zero-order chi connectivity index (χ0) is 14.1. The molecule has 0 unspecified atom stereocenters. The van der Waals surface area contributed by atoms with Crippen LogP contribution in [0.3, 0.4) is 0 Å². The van der Waals surface area contributed by atoms with Crippen LogP contribution in [0.25, 0.3) is 0 Å². The van der Waals surface area contributed by atoms with Crippen molar-refractivity contribution in [3.63, 3.8) is 0 Å². The first-order chi connectivity index (χ1) is 9.65. The van der Waals surface area contributed by atoms with Crippen LogP contribution >= 0.6 is 22.7 Å². The fourth-order valence-electron chi connectivity index (χ4n) is 2.46. The summed E-state index contributed by atoms with van der Waals surface area (Å²) in [6.45, 7) is 1.90. The Kier molecular flexibility index (Phi) is 3.71. The Morgan fingerprint density at radius 2 is 2.20 bits per heavy atom. The minimum absolute atomic E-state index is 0.0144. The van der Waals surface area contributed by atoms with Crippen LogP contribution in [0.5, 0.6) is 0 Å². The predicted molar refractivity (Wildman–Crippen MR) is 81.2 cm³/mol. The highest BCUT2D eigenvalue weighted by Crippen LogP contribution is 2.30. The van der Waals surface area contributed by atoms with E-state index >= 15 is 0 Å². The van der Waals surface area contributed by atoms with E-state index in [9.17, 15) is 4.79 Å². The van der Waals surface area contributed by atoms with Gasteiger partial charge >= 0.3 is 0 Å². The number of rotatable bonds is 3. The highest BCUT2D eigenvalue weighted by Gasteiger charge is 2.22. The van der Waals surface area contributed by atoms with E-state index in [4.69, 9.17) is 5.73 Å². The number of nitrogens with one attached hydrogen (secondary N) is 1. The first-order valence-corrected chi connectivity index (χ1v) is 8.33. The van der Waals surface area contributed by atoms with Crippen LogP contribution in [0.2, 0.25) is 0 Å². The molecule has 0 saturated heterocycles. The molecular formula is C13H16N4OS2. The van der Waals surface area contributed by atoms with E-state index in [1.807, 2.05) is 6.92 Å². The molecule has 0 fully saturated rings. The molecule has 2 heterocycles. The van der Waals surface area contributed by atoms with Crippen molar-refractivity contribution in [2.24, 2.45) is 0 Å². The van der Waals surface area contributed by atoms with E-state index in [0.717, 1.165) is 22.7 Å². The smallest absolute Gasteiger partial charge is 0.262 e. The zero-order valence-electron chi connectivity index (χ0n) is 11.2. The monoisotopic (exact) mass is 308 g/mol. The molecule has 1 atom stereocenters. The summed E-state index contributed by atoms with van der Waals surface area (Å²) in [6.07, 6.45) is 4.51. The van der Waals surface area contributed by atoms with Crippen molar-refractivity contribution >= 4 is 33.7 Å². The van der Waals surface area contributed by atoms with Crippen molar-refractivity contribution in [3.8, 4) is 0 Å². The number of nitrogen functional groups attached to an aromatic ring is 1. The van der Waals surface area contributed by atoms with Gasteiger partial charge in [-0.25, -0.2) is 0 Å². The average molecular weight is 308 g/mol. The SMILES string of the molecule is C[C@H](NC(=O)c1scc2c1CCCC2)c1nnc(N)s1. The Morgan fingerprint density at radius 1 is 1.40 bits per heavy atom. The predicted octanol–water partition coefficient (Wildman–Crippen LogP) is 2.55. The van der Waals surface area contributed by atoms with Gasteiger partial charge in [-0.2, -0.15) is 0 Å². The van der Waals surface area contributed by atoms with Gasteiger partial charge in [-0.1, -0.05) is 11.3 Å². The van der Waals surface area contributed by atoms with Gasteiger partial charge in [0.1, 0.15) is 5.01 Å². The third kappa shape index (κ3) is 2.55. The molecule has 0 spiro atoms. The average Bonchev–Trinajstić information content (AvgIpc) is 3.04. The third-order valence-electron chi connectivity index (χ3n) is 3.48. The molecule has 0 aliphatic heterocycles. The lowest BCUT2D eigenvalue weighted by molar-refractivity contribution is 0.0943. The summed E-state index contributed by atoms with van der Waals surface area (Å²) in [5.41, 5.74) is 8.15. The van der Waals surface area contributed by atoms with Crippen LogP contribution in [-0.4, -0.2) is 16.1 Å². The first kappa shape index (κ1) is 13.5. The summed E-state index contributed by atoms with van der Waals surface area (Å²) in [7, 11) is 0. The Hall–Kier alpha value is -1.47. The van der Waals surface area contributed by atoms with Crippen molar-refractivity contribution in [2.75, 3.05) is 5.73 Å². The number of amides is 1. The lowest BCUT2D eigenvalue weighted by atomic mass is 9.94. The molecule has 1 aliphatic carbocycles. The Bertz CT molecular complexity index is 634. The normalized spacial score (nSPS) is 15.7. The lowest BCUT2D eigenvalue weighted by Gasteiger charge is -2.14. The van der Waals surface area contributed by atoms with E-state index in [0.29, 0.717) is 5.13 Å². The molecule has 0 radical (unpaired) electrons. The zero-order valence-corrected chi connectivity index (χ0v) is 12.8. The third-order valence-corrected chi connectivity index (χ3v) is 5.49. The maximum atomic E-state index is 12.4. The van der Waals surface area contributed by atoms with Crippen molar-refractivity contribution in [1.82, 2.24) is 15.5 Å². The summed E-state index contributed by atoms with van der Waals surface area (Å²) in [5.74, 6) is -0.0144. The number of nitrogens with zero attached hydrogens (tertiary/aromatic N) is 2. The van der Waals surface area contributed by atoms with Gasteiger partial charge in [0, 0.05) is 0 Å². The molecule has 1 aliphatic rings. The molecule has 5 nitrogen and oxygen atoms in total. The van der Waals surface area contributed by atoms with Crippen molar-refractivity contribution < 1.29 is 4.79 Å². The second kappa shape index (κ2) is 5.49. The highest BCUT2D eigenvalue weighted by molar-refractivity contribution is 7.15. The second-order valence-electron chi connectivity index (χ2n) is 4.95. The van der Waals surface area contributed by atoms with Gasteiger partial charge in [0.05, 0.1) is 10.9 Å². The summed E-state index contributed by atoms with van der Waals surface area (Å²) in [6, 6.07) is -0.168. The molecule has 2 aromatic heterocycles. The quantitative estimate of drug-likeness (QED) is 0.913. The number of aromatic nitrogens is 2. The van der Waals surface area contributed by atoms with Gasteiger partial charge in [-0.15, -0.1) is 21.5 Å². The molecule has 1 amide bonds.